The van der Waals surface area contributed by atoms with Gasteiger partial charge in [-0.1, -0.05) is 0 Å². The lowest BCUT2D eigenvalue weighted by Gasteiger charge is -2.19. The Morgan fingerprint density at radius 3 is 2.93 bits per heavy atom. The molecule has 0 bridgehead atoms. The van der Waals surface area contributed by atoms with Crippen molar-refractivity contribution in [1.29, 1.82) is 0 Å². The van der Waals surface area contributed by atoms with Gasteiger partial charge in [0.15, 0.2) is 0 Å². The van der Waals surface area contributed by atoms with Crippen molar-refractivity contribution in [3.63, 3.8) is 0 Å². The van der Waals surface area contributed by atoms with Gasteiger partial charge in [0.1, 0.15) is 12.2 Å². The lowest BCUT2D eigenvalue weighted by molar-refractivity contribution is 0.246. The molecule has 5 heteroatoms. The van der Waals surface area contributed by atoms with E-state index in [9.17, 15) is 0 Å². The smallest absolute Gasteiger partial charge is 0.140 e. The van der Waals surface area contributed by atoms with E-state index in [1.54, 1.807) is 6.33 Å². The van der Waals surface area contributed by atoms with E-state index in [0.29, 0.717) is 12.0 Å². The molecule has 0 aliphatic carbocycles. The first kappa shape index (κ1) is 10.6. The van der Waals surface area contributed by atoms with Crippen molar-refractivity contribution < 1.29 is 0 Å². The van der Waals surface area contributed by atoms with Crippen LogP contribution in [-0.2, 0) is 13.6 Å². The van der Waals surface area contributed by atoms with Crippen LogP contribution in [0, 0.1) is 5.92 Å². The fourth-order valence-electron chi connectivity index (χ4n) is 2.25. The molecule has 1 aliphatic heterocycles. The highest BCUT2D eigenvalue weighted by molar-refractivity contribution is 4.89. The monoisotopic (exact) mass is 209 g/mol. The molecule has 0 amide bonds. The van der Waals surface area contributed by atoms with Crippen LogP contribution in [0.1, 0.15) is 19.2 Å². The summed E-state index contributed by atoms with van der Waals surface area (Å²) in [5.41, 5.74) is 5.70. The molecule has 1 fully saturated rings. The Kier molecular flexibility index (Phi) is 3.02. The third-order valence-electron chi connectivity index (χ3n) is 3.27. The van der Waals surface area contributed by atoms with Gasteiger partial charge in [-0.15, -0.1) is 0 Å². The van der Waals surface area contributed by atoms with Crippen LogP contribution in [0.2, 0.25) is 0 Å². The molecule has 2 heterocycles. The Morgan fingerprint density at radius 2 is 2.40 bits per heavy atom. The Hall–Kier alpha value is -0.940. The Labute approximate surface area is 90.3 Å². The number of likely N-dealkylation sites (tertiary alicyclic amines) is 1. The molecule has 2 N–H and O–H groups in total. The Balaban J connectivity index is 1.98. The molecular weight excluding hydrogens is 190 g/mol. The summed E-state index contributed by atoms with van der Waals surface area (Å²) in [6, 6.07) is 0.607. The van der Waals surface area contributed by atoms with E-state index in [1.807, 2.05) is 11.7 Å². The summed E-state index contributed by atoms with van der Waals surface area (Å²) in [6.07, 6.45) is 2.81. The molecule has 1 aromatic heterocycles. The fourth-order valence-corrected chi connectivity index (χ4v) is 2.25. The molecule has 84 valence electrons. The number of aromatic nitrogens is 3. The molecular formula is C10H19N5. The number of nitrogens with two attached hydrogens (primary N) is 1. The van der Waals surface area contributed by atoms with Crippen LogP contribution in [0.25, 0.3) is 0 Å². The zero-order valence-corrected chi connectivity index (χ0v) is 9.43. The summed E-state index contributed by atoms with van der Waals surface area (Å²) in [5.74, 6) is 1.67. The topological polar surface area (TPSA) is 60.0 Å². The van der Waals surface area contributed by atoms with Crippen molar-refractivity contribution in [2.75, 3.05) is 13.1 Å². The standard InChI is InChI=1S/C10H19N5/c1-8-3-9(4-11)5-15(8)6-10-12-7-13-14(10)2/h7-9H,3-6,11H2,1-2H3. The molecule has 0 spiro atoms. The zero-order chi connectivity index (χ0) is 10.8. The third kappa shape index (κ3) is 2.18. The number of hydrogen-bond donors (Lipinski definition) is 1. The summed E-state index contributed by atoms with van der Waals surface area (Å²) in [4.78, 5) is 6.68. The molecule has 2 rings (SSSR count). The summed E-state index contributed by atoms with van der Waals surface area (Å²) < 4.78 is 1.84. The average molecular weight is 209 g/mol. The molecule has 1 saturated heterocycles. The van der Waals surface area contributed by atoms with Crippen LogP contribution in [0.5, 0.6) is 0 Å². The SMILES string of the molecule is CC1CC(CN)CN1Cc1ncnn1C. The number of aryl methyl sites for hydroxylation is 1. The maximum absolute atomic E-state index is 5.70. The molecule has 1 aromatic rings. The molecule has 15 heavy (non-hydrogen) atoms. The van der Waals surface area contributed by atoms with Gasteiger partial charge in [0, 0.05) is 19.6 Å². The van der Waals surface area contributed by atoms with Crippen molar-refractivity contribution in [3.8, 4) is 0 Å². The predicted octanol–water partition coefficient (Wildman–Crippen LogP) is -0.0158. The summed E-state index contributed by atoms with van der Waals surface area (Å²) in [7, 11) is 1.93. The van der Waals surface area contributed by atoms with Gasteiger partial charge in [-0.05, 0) is 25.8 Å². The molecule has 2 atom stereocenters. The minimum absolute atomic E-state index is 0.607. The van der Waals surface area contributed by atoms with E-state index in [2.05, 4.69) is 21.9 Å². The Morgan fingerprint density at radius 1 is 1.60 bits per heavy atom. The average Bonchev–Trinajstić information content (AvgIpc) is 2.76. The molecule has 5 nitrogen and oxygen atoms in total. The quantitative estimate of drug-likeness (QED) is 0.760. The third-order valence-corrected chi connectivity index (χ3v) is 3.27. The van der Waals surface area contributed by atoms with Gasteiger partial charge in [0.2, 0.25) is 0 Å². The second kappa shape index (κ2) is 4.28. The molecule has 1 aliphatic rings. The lowest BCUT2D eigenvalue weighted by atomic mass is 10.1. The van der Waals surface area contributed by atoms with Crippen LogP contribution in [0.15, 0.2) is 6.33 Å². The normalized spacial score (nSPS) is 27.4. The minimum Gasteiger partial charge on any atom is -0.330 e. The molecule has 0 radical (unpaired) electrons. The Bertz CT molecular complexity index is 321. The van der Waals surface area contributed by atoms with Crippen LogP contribution < -0.4 is 5.73 Å². The highest BCUT2D eigenvalue weighted by Gasteiger charge is 2.28. The van der Waals surface area contributed by atoms with Crippen molar-refractivity contribution >= 4 is 0 Å². The first-order chi connectivity index (χ1) is 7.20. The summed E-state index contributed by atoms with van der Waals surface area (Å²) in [5, 5.41) is 4.08. The number of hydrogen-bond acceptors (Lipinski definition) is 4. The van der Waals surface area contributed by atoms with Gasteiger partial charge in [-0.3, -0.25) is 9.58 Å². The van der Waals surface area contributed by atoms with Crippen LogP contribution in [-0.4, -0.2) is 38.8 Å². The first-order valence-electron chi connectivity index (χ1n) is 5.47. The van der Waals surface area contributed by atoms with Crippen molar-refractivity contribution in [1.82, 2.24) is 19.7 Å². The predicted molar refractivity (Wildman–Crippen MR) is 58.0 cm³/mol. The van der Waals surface area contributed by atoms with Crippen molar-refractivity contribution in [3.05, 3.63) is 12.2 Å². The zero-order valence-electron chi connectivity index (χ0n) is 9.43. The van der Waals surface area contributed by atoms with Crippen molar-refractivity contribution in [2.45, 2.75) is 25.9 Å². The second-order valence-corrected chi connectivity index (χ2v) is 4.42. The van der Waals surface area contributed by atoms with Gasteiger partial charge in [-0.2, -0.15) is 5.10 Å². The van der Waals surface area contributed by atoms with Gasteiger partial charge < -0.3 is 5.73 Å². The number of rotatable bonds is 3. The van der Waals surface area contributed by atoms with E-state index in [-0.39, 0.29) is 0 Å². The van der Waals surface area contributed by atoms with E-state index in [0.717, 1.165) is 25.5 Å². The van der Waals surface area contributed by atoms with Gasteiger partial charge in [0.05, 0.1) is 6.54 Å². The highest BCUT2D eigenvalue weighted by Crippen LogP contribution is 2.23. The van der Waals surface area contributed by atoms with Crippen LogP contribution >= 0.6 is 0 Å². The van der Waals surface area contributed by atoms with Crippen molar-refractivity contribution in [2.24, 2.45) is 18.7 Å². The molecule has 2 unspecified atom stereocenters. The van der Waals surface area contributed by atoms with Crippen LogP contribution in [0.4, 0.5) is 0 Å². The molecule has 0 aromatic carbocycles. The maximum Gasteiger partial charge on any atom is 0.140 e. The summed E-state index contributed by atoms with van der Waals surface area (Å²) >= 11 is 0. The van der Waals surface area contributed by atoms with E-state index >= 15 is 0 Å². The maximum atomic E-state index is 5.70. The first-order valence-corrected chi connectivity index (χ1v) is 5.47. The van der Waals surface area contributed by atoms with Gasteiger partial charge in [-0.25, -0.2) is 4.98 Å². The number of nitrogens with zero attached hydrogens (tertiary/aromatic N) is 4. The van der Waals surface area contributed by atoms with E-state index in [4.69, 9.17) is 5.73 Å². The fraction of sp³-hybridized carbons (Fsp3) is 0.800. The van der Waals surface area contributed by atoms with E-state index in [1.165, 1.54) is 6.42 Å². The van der Waals surface area contributed by atoms with Gasteiger partial charge >= 0.3 is 0 Å². The second-order valence-electron chi connectivity index (χ2n) is 4.42. The van der Waals surface area contributed by atoms with E-state index < -0.39 is 0 Å². The van der Waals surface area contributed by atoms with Gasteiger partial charge in [0.25, 0.3) is 0 Å². The highest BCUT2D eigenvalue weighted by atomic mass is 15.3. The lowest BCUT2D eigenvalue weighted by Crippen LogP contribution is -2.28. The largest absolute Gasteiger partial charge is 0.330 e. The molecule has 0 saturated carbocycles. The summed E-state index contributed by atoms with van der Waals surface area (Å²) in [6.45, 7) is 5.02. The minimum atomic E-state index is 0.607. The van der Waals surface area contributed by atoms with Crippen LogP contribution in [0.3, 0.4) is 0 Å².